The summed E-state index contributed by atoms with van der Waals surface area (Å²) < 4.78 is 2.14. The fourth-order valence-electron chi connectivity index (χ4n) is 5.25. The van der Waals surface area contributed by atoms with Crippen molar-refractivity contribution >= 4 is 40.8 Å². The molecule has 30 heavy (non-hydrogen) atoms. The minimum absolute atomic E-state index is 0. The number of carbonyl (C=O) groups is 1. The summed E-state index contributed by atoms with van der Waals surface area (Å²) in [5.74, 6) is 0.845. The highest BCUT2D eigenvalue weighted by Gasteiger charge is 2.40. The van der Waals surface area contributed by atoms with Crippen LogP contribution < -0.4 is 10.6 Å². The molecule has 2 aromatic heterocycles. The van der Waals surface area contributed by atoms with E-state index >= 15 is 0 Å². The molecule has 2 N–H and O–H groups in total. The van der Waals surface area contributed by atoms with Crippen molar-refractivity contribution in [2.45, 2.75) is 44.9 Å². The number of pyridine rings is 1. The molecule has 5 rings (SSSR count). The van der Waals surface area contributed by atoms with E-state index in [9.17, 15) is 10.1 Å². The molecule has 1 aromatic carbocycles. The van der Waals surface area contributed by atoms with E-state index in [2.05, 4.69) is 35.3 Å². The Hall–Kier alpha value is -2.78. The van der Waals surface area contributed by atoms with E-state index in [1.54, 1.807) is 0 Å². The van der Waals surface area contributed by atoms with Gasteiger partial charge in [0.15, 0.2) is 5.65 Å². The van der Waals surface area contributed by atoms with E-state index in [-0.39, 0.29) is 23.7 Å². The number of primary amides is 1. The van der Waals surface area contributed by atoms with Crippen LogP contribution in [0.3, 0.4) is 0 Å². The molecule has 2 aliphatic rings. The highest BCUT2D eigenvalue weighted by molar-refractivity contribution is 6.04. The smallest absolute Gasteiger partial charge is 0.252 e. The van der Waals surface area contributed by atoms with Crippen molar-refractivity contribution in [3.05, 3.63) is 41.0 Å². The van der Waals surface area contributed by atoms with Gasteiger partial charge in [0.25, 0.3) is 5.91 Å². The van der Waals surface area contributed by atoms with Crippen LogP contribution in [0.15, 0.2) is 24.3 Å². The van der Waals surface area contributed by atoms with Crippen molar-refractivity contribution in [3.63, 3.8) is 0 Å². The Balaban J connectivity index is 0.00000218. The van der Waals surface area contributed by atoms with Crippen molar-refractivity contribution in [2.24, 2.45) is 11.7 Å². The molecule has 0 atom stereocenters. The molecular weight excluding hydrogens is 398 g/mol. The standard InChI is InChI=1S/C23H25N5O.ClH/c1-23(2)10-7-15-19(23)18(20(25)29)21-26-16-5-3-4-6-17(16)28(21)22(15)27-11-8-14(13-24)9-12-27;/h3-6,14H,7-12H2,1-2H3,(H2,25,29);1H. The Morgan fingerprint density at radius 1 is 1.27 bits per heavy atom. The normalized spacial score (nSPS) is 18.2. The Labute approximate surface area is 182 Å². The number of piperidine rings is 1. The van der Waals surface area contributed by atoms with E-state index in [1.165, 1.54) is 5.56 Å². The minimum atomic E-state index is -0.411. The zero-order valence-corrected chi connectivity index (χ0v) is 18.1. The van der Waals surface area contributed by atoms with Gasteiger partial charge in [0.05, 0.1) is 22.7 Å². The molecule has 3 aromatic rings. The number of benzene rings is 1. The van der Waals surface area contributed by atoms with Crippen LogP contribution >= 0.6 is 12.4 Å². The SMILES string of the molecule is CC1(C)CCc2c1c(C(N)=O)c1nc3ccccc3n1c2N1CCC(C#N)CC1.Cl. The monoisotopic (exact) mass is 423 g/mol. The lowest BCUT2D eigenvalue weighted by Gasteiger charge is -2.34. The zero-order chi connectivity index (χ0) is 20.3. The number of nitriles is 1. The van der Waals surface area contributed by atoms with Crippen molar-refractivity contribution in [1.29, 1.82) is 5.26 Å². The largest absolute Gasteiger partial charge is 0.365 e. The lowest BCUT2D eigenvalue weighted by atomic mass is 9.83. The first-order chi connectivity index (χ1) is 13.9. The second-order valence-corrected chi connectivity index (χ2v) is 8.95. The third kappa shape index (κ3) is 2.84. The molecule has 1 aliphatic heterocycles. The summed E-state index contributed by atoms with van der Waals surface area (Å²) >= 11 is 0. The fourth-order valence-corrected chi connectivity index (χ4v) is 5.25. The Morgan fingerprint density at radius 3 is 2.63 bits per heavy atom. The molecule has 1 saturated heterocycles. The molecule has 0 spiro atoms. The van der Waals surface area contributed by atoms with Crippen molar-refractivity contribution in [2.75, 3.05) is 18.0 Å². The summed E-state index contributed by atoms with van der Waals surface area (Å²) in [5, 5.41) is 9.31. The van der Waals surface area contributed by atoms with Gasteiger partial charge in [-0.1, -0.05) is 26.0 Å². The summed E-state index contributed by atoms with van der Waals surface area (Å²) in [7, 11) is 0. The number of carbonyl (C=O) groups excluding carboxylic acids is 1. The fraction of sp³-hybridized carbons (Fsp3) is 0.435. The molecule has 7 heteroatoms. The van der Waals surface area contributed by atoms with Gasteiger partial charge in [-0.15, -0.1) is 12.4 Å². The van der Waals surface area contributed by atoms with E-state index in [1.807, 2.05) is 18.2 Å². The highest BCUT2D eigenvalue weighted by atomic mass is 35.5. The lowest BCUT2D eigenvalue weighted by molar-refractivity contribution is 0.0999. The number of hydrogen-bond donors (Lipinski definition) is 1. The third-order valence-corrected chi connectivity index (χ3v) is 6.72. The van der Waals surface area contributed by atoms with E-state index in [0.29, 0.717) is 11.2 Å². The van der Waals surface area contributed by atoms with E-state index in [4.69, 9.17) is 10.7 Å². The summed E-state index contributed by atoms with van der Waals surface area (Å²) in [6.45, 7) is 6.05. The van der Waals surface area contributed by atoms with Gasteiger partial charge in [-0.3, -0.25) is 9.20 Å². The number of halogens is 1. The summed E-state index contributed by atoms with van der Waals surface area (Å²) in [6, 6.07) is 10.4. The number of imidazole rings is 1. The van der Waals surface area contributed by atoms with Crippen molar-refractivity contribution in [1.82, 2.24) is 9.38 Å². The minimum Gasteiger partial charge on any atom is -0.365 e. The number of nitrogens with two attached hydrogens (primary N) is 1. The van der Waals surface area contributed by atoms with Gasteiger partial charge in [0.2, 0.25) is 0 Å². The molecule has 0 radical (unpaired) electrons. The molecule has 0 bridgehead atoms. The first-order valence-electron chi connectivity index (χ1n) is 10.3. The van der Waals surface area contributed by atoms with Crippen molar-refractivity contribution < 1.29 is 4.79 Å². The number of nitrogens with zero attached hydrogens (tertiary/aromatic N) is 4. The number of amides is 1. The molecule has 0 saturated carbocycles. The zero-order valence-electron chi connectivity index (χ0n) is 17.3. The molecule has 0 unspecified atom stereocenters. The van der Waals surface area contributed by atoms with Crippen LogP contribution in [0, 0.1) is 17.2 Å². The van der Waals surface area contributed by atoms with Gasteiger partial charge in [0, 0.05) is 19.0 Å². The maximum absolute atomic E-state index is 12.6. The maximum atomic E-state index is 12.6. The van der Waals surface area contributed by atoms with Gasteiger partial charge >= 0.3 is 0 Å². The van der Waals surface area contributed by atoms with Crippen LogP contribution in [0.1, 0.15) is 54.6 Å². The Kier molecular flexibility index (Phi) is 4.90. The third-order valence-electron chi connectivity index (χ3n) is 6.72. The van der Waals surface area contributed by atoms with Crippen molar-refractivity contribution in [3.8, 4) is 6.07 Å². The van der Waals surface area contributed by atoms with E-state index < -0.39 is 5.91 Å². The van der Waals surface area contributed by atoms with Gasteiger partial charge in [-0.05, 0) is 54.4 Å². The molecular formula is C23H26ClN5O. The second-order valence-electron chi connectivity index (χ2n) is 8.95. The lowest BCUT2D eigenvalue weighted by Crippen LogP contribution is -2.36. The summed E-state index contributed by atoms with van der Waals surface area (Å²) in [6.07, 6.45) is 3.62. The van der Waals surface area contributed by atoms with Crippen LogP contribution in [-0.4, -0.2) is 28.4 Å². The Morgan fingerprint density at radius 2 is 1.97 bits per heavy atom. The van der Waals surface area contributed by atoms with Crippen LogP contribution in [0.4, 0.5) is 5.82 Å². The molecule has 1 fully saturated rings. The molecule has 156 valence electrons. The maximum Gasteiger partial charge on any atom is 0.252 e. The topological polar surface area (TPSA) is 87.4 Å². The average molecular weight is 424 g/mol. The number of rotatable bonds is 2. The molecule has 1 amide bonds. The Bertz CT molecular complexity index is 1200. The second kappa shape index (κ2) is 7.17. The number of para-hydroxylation sites is 2. The van der Waals surface area contributed by atoms with Crippen LogP contribution in [0.25, 0.3) is 16.7 Å². The predicted octanol–water partition coefficient (Wildman–Crippen LogP) is 3.97. The molecule has 6 nitrogen and oxygen atoms in total. The van der Waals surface area contributed by atoms with Crippen LogP contribution in [-0.2, 0) is 11.8 Å². The van der Waals surface area contributed by atoms with Gasteiger partial charge < -0.3 is 10.6 Å². The highest BCUT2D eigenvalue weighted by Crippen LogP contribution is 2.47. The first-order valence-corrected chi connectivity index (χ1v) is 10.3. The predicted molar refractivity (Wildman–Crippen MR) is 120 cm³/mol. The first kappa shape index (κ1) is 20.5. The van der Waals surface area contributed by atoms with Gasteiger partial charge in [-0.2, -0.15) is 5.26 Å². The molecule has 1 aliphatic carbocycles. The quantitative estimate of drug-likeness (QED) is 0.675. The summed E-state index contributed by atoms with van der Waals surface area (Å²) in [5.41, 5.74) is 11.2. The average Bonchev–Trinajstić information content (AvgIpc) is 3.24. The van der Waals surface area contributed by atoms with Crippen LogP contribution in [0.2, 0.25) is 0 Å². The van der Waals surface area contributed by atoms with E-state index in [0.717, 1.165) is 61.2 Å². The summed E-state index contributed by atoms with van der Waals surface area (Å²) in [4.78, 5) is 19.9. The van der Waals surface area contributed by atoms with Gasteiger partial charge in [-0.25, -0.2) is 4.98 Å². The number of hydrogen-bond acceptors (Lipinski definition) is 4. The number of fused-ring (bicyclic) bond motifs is 4. The van der Waals surface area contributed by atoms with Crippen LogP contribution in [0.5, 0.6) is 0 Å². The number of aromatic nitrogens is 2. The molecule has 3 heterocycles. The number of anilines is 1. The van der Waals surface area contributed by atoms with Gasteiger partial charge in [0.1, 0.15) is 5.82 Å².